The predicted octanol–water partition coefficient (Wildman–Crippen LogP) is 6.65. The largest absolute Gasteiger partial charge is 0.503 e. The Morgan fingerprint density at radius 2 is 1.84 bits per heavy atom. The molecule has 1 aliphatic heterocycles. The number of para-hydroxylation sites is 1. The minimum absolute atomic E-state index is 0.0417. The van der Waals surface area contributed by atoms with E-state index < -0.39 is 23.5 Å². The van der Waals surface area contributed by atoms with Crippen molar-refractivity contribution >= 4 is 71.0 Å². The van der Waals surface area contributed by atoms with Crippen molar-refractivity contribution in [2.24, 2.45) is 0 Å². The van der Waals surface area contributed by atoms with Crippen LogP contribution in [0, 0.1) is 0 Å². The third-order valence-corrected chi connectivity index (χ3v) is 7.90. The van der Waals surface area contributed by atoms with Crippen molar-refractivity contribution in [1.82, 2.24) is 4.98 Å². The molecular formula is C28H20BrN3O4S. The fourth-order valence-electron chi connectivity index (χ4n) is 4.53. The lowest BCUT2D eigenvalue weighted by Crippen LogP contribution is -2.31. The Morgan fingerprint density at radius 1 is 1.08 bits per heavy atom. The quantitative estimate of drug-likeness (QED) is 0.237. The first-order valence-corrected chi connectivity index (χ1v) is 13.1. The number of thiazole rings is 1. The van der Waals surface area contributed by atoms with Gasteiger partial charge in [-0.05, 0) is 54.1 Å². The Bertz CT molecular complexity index is 1700. The van der Waals surface area contributed by atoms with Crippen molar-refractivity contribution in [2.45, 2.75) is 6.04 Å². The molecular weight excluding hydrogens is 554 g/mol. The maximum atomic E-state index is 13.8. The molecule has 2 aromatic heterocycles. The summed E-state index contributed by atoms with van der Waals surface area (Å²) in [5, 5.41) is 12.2. The molecule has 9 heteroatoms. The summed E-state index contributed by atoms with van der Waals surface area (Å²) in [5.74, 6) is -1.79. The van der Waals surface area contributed by atoms with Gasteiger partial charge in [-0.25, -0.2) is 4.98 Å². The standard InChI is InChI=1S/C28H20BrN3O4S/c1-31(2)18-10-7-15(8-11-18)24-23(25(33)21-14-16-13-17(29)9-12-20(16)36-21)26(34)27(35)32(24)28-30-19-5-3-4-6-22(19)37-28/h3-14,24,34H,1-2H3. The molecule has 1 N–H and O–H groups in total. The van der Waals surface area contributed by atoms with Gasteiger partial charge in [0.25, 0.3) is 5.91 Å². The average Bonchev–Trinajstić information content (AvgIpc) is 3.57. The Labute approximate surface area is 224 Å². The zero-order valence-corrected chi connectivity index (χ0v) is 22.2. The molecule has 0 fully saturated rings. The molecule has 3 aromatic carbocycles. The molecule has 5 aromatic rings. The summed E-state index contributed by atoms with van der Waals surface area (Å²) in [6, 6.07) is 21.3. The number of furan rings is 1. The third kappa shape index (κ3) is 3.91. The molecule has 3 heterocycles. The molecule has 37 heavy (non-hydrogen) atoms. The second-order valence-electron chi connectivity index (χ2n) is 8.91. The minimum Gasteiger partial charge on any atom is -0.503 e. The number of rotatable bonds is 5. The van der Waals surface area contributed by atoms with Crippen LogP contribution in [0.2, 0.25) is 0 Å². The normalized spacial score (nSPS) is 15.8. The van der Waals surface area contributed by atoms with Crippen LogP contribution in [0.25, 0.3) is 21.2 Å². The lowest BCUT2D eigenvalue weighted by molar-refractivity contribution is -0.117. The van der Waals surface area contributed by atoms with Crippen LogP contribution in [0.4, 0.5) is 10.8 Å². The topological polar surface area (TPSA) is 86.9 Å². The van der Waals surface area contributed by atoms with Crippen molar-refractivity contribution in [3.05, 3.63) is 99.9 Å². The SMILES string of the molecule is CN(C)c1ccc(C2C(C(=O)c3cc4cc(Br)ccc4o3)=C(O)C(=O)N2c2nc3ccccc3s2)cc1. The number of ketones is 1. The van der Waals surface area contributed by atoms with Crippen molar-refractivity contribution < 1.29 is 19.1 Å². The van der Waals surface area contributed by atoms with Gasteiger partial charge in [-0.15, -0.1) is 0 Å². The van der Waals surface area contributed by atoms with E-state index in [0.717, 1.165) is 25.8 Å². The number of fused-ring (bicyclic) bond motifs is 2. The number of aliphatic hydroxyl groups excluding tert-OH is 1. The van der Waals surface area contributed by atoms with Crippen LogP contribution in [0.3, 0.4) is 0 Å². The summed E-state index contributed by atoms with van der Waals surface area (Å²) < 4.78 is 7.58. The first kappa shape index (κ1) is 23.4. The second-order valence-corrected chi connectivity index (χ2v) is 10.8. The number of benzene rings is 3. The Hall–Kier alpha value is -3.95. The number of halogens is 1. The van der Waals surface area contributed by atoms with E-state index in [1.807, 2.05) is 79.7 Å². The molecule has 1 unspecified atom stereocenters. The van der Waals surface area contributed by atoms with Crippen LogP contribution in [-0.4, -0.2) is 35.9 Å². The van der Waals surface area contributed by atoms with E-state index in [1.165, 1.54) is 16.2 Å². The van der Waals surface area contributed by atoms with Gasteiger partial charge < -0.3 is 14.4 Å². The van der Waals surface area contributed by atoms with E-state index in [4.69, 9.17) is 4.42 Å². The van der Waals surface area contributed by atoms with E-state index in [1.54, 1.807) is 12.1 Å². The van der Waals surface area contributed by atoms with E-state index >= 15 is 0 Å². The number of nitrogens with zero attached hydrogens (tertiary/aromatic N) is 3. The van der Waals surface area contributed by atoms with Gasteiger partial charge in [0.2, 0.25) is 5.78 Å². The number of hydrogen-bond acceptors (Lipinski definition) is 7. The number of hydrogen-bond donors (Lipinski definition) is 1. The van der Waals surface area contributed by atoms with E-state index in [2.05, 4.69) is 20.9 Å². The smallest absolute Gasteiger partial charge is 0.296 e. The Kier molecular flexibility index (Phi) is 5.62. The molecule has 0 spiro atoms. The zero-order chi connectivity index (χ0) is 25.8. The maximum absolute atomic E-state index is 13.8. The van der Waals surface area contributed by atoms with Crippen LogP contribution in [0.1, 0.15) is 22.2 Å². The molecule has 184 valence electrons. The lowest BCUT2D eigenvalue weighted by atomic mass is 9.95. The van der Waals surface area contributed by atoms with Gasteiger partial charge in [-0.1, -0.05) is 51.5 Å². The maximum Gasteiger partial charge on any atom is 0.296 e. The summed E-state index contributed by atoms with van der Waals surface area (Å²) in [5.41, 5.74) is 2.86. The third-order valence-electron chi connectivity index (χ3n) is 6.37. The summed E-state index contributed by atoms with van der Waals surface area (Å²) in [6.07, 6.45) is 0. The average molecular weight is 574 g/mol. The minimum atomic E-state index is -0.878. The number of aliphatic hydroxyl groups is 1. The number of anilines is 2. The van der Waals surface area contributed by atoms with Crippen molar-refractivity contribution in [1.29, 1.82) is 0 Å². The predicted molar refractivity (Wildman–Crippen MR) is 149 cm³/mol. The molecule has 7 nitrogen and oxygen atoms in total. The summed E-state index contributed by atoms with van der Waals surface area (Å²) in [6.45, 7) is 0. The van der Waals surface area contributed by atoms with Crippen molar-refractivity contribution in [3.63, 3.8) is 0 Å². The number of Topliss-reactive ketones (excluding diaryl/α,β-unsaturated/α-hetero) is 1. The van der Waals surface area contributed by atoms with Crippen LogP contribution < -0.4 is 9.80 Å². The molecule has 1 amide bonds. The van der Waals surface area contributed by atoms with Gasteiger partial charge in [0.1, 0.15) is 5.58 Å². The molecule has 0 saturated heterocycles. The van der Waals surface area contributed by atoms with Crippen LogP contribution in [0.15, 0.2) is 93.0 Å². The van der Waals surface area contributed by atoms with Crippen molar-refractivity contribution in [2.75, 3.05) is 23.9 Å². The summed E-state index contributed by atoms with van der Waals surface area (Å²) in [7, 11) is 3.87. The molecule has 1 aliphatic rings. The van der Waals surface area contributed by atoms with E-state index in [9.17, 15) is 14.7 Å². The molecule has 1 atom stereocenters. The highest BCUT2D eigenvalue weighted by atomic mass is 79.9. The molecule has 0 aliphatic carbocycles. The van der Waals surface area contributed by atoms with Crippen LogP contribution in [-0.2, 0) is 4.79 Å². The van der Waals surface area contributed by atoms with E-state index in [-0.39, 0.29) is 11.3 Å². The monoisotopic (exact) mass is 573 g/mol. The van der Waals surface area contributed by atoms with Crippen LogP contribution in [0.5, 0.6) is 0 Å². The van der Waals surface area contributed by atoms with Gasteiger partial charge in [0.05, 0.1) is 21.8 Å². The number of carbonyl (C=O) groups excluding carboxylic acids is 2. The first-order valence-electron chi connectivity index (χ1n) is 11.4. The second kappa shape index (κ2) is 8.86. The van der Waals surface area contributed by atoms with Crippen LogP contribution >= 0.6 is 27.3 Å². The van der Waals surface area contributed by atoms with E-state index in [0.29, 0.717) is 16.3 Å². The summed E-state index contributed by atoms with van der Waals surface area (Å²) >= 11 is 4.76. The molecule has 0 bridgehead atoms. The number of amides is 1. The van der Waals surface area contributed by atoms with Crippen molar-refractivity contribution in [3.8, 4) is 0 Å². The lowest BCUT2D eigenvalue weighted by Gasteiger charge is -2.25. The van der Waals surface area contributed by atoms with Gasteiger partial charge in [-0.2, -0.15) is 0 Å². The zero-order valence-electron chi connectivity index (χ0n) is 19.8. The van der Waals surface area contributed by atoms with Gasteiger partial charge in [-0.3, -0.25) is 14.5 Å². The fraction of sp³-hybridized carbons (Fsp3) is 0.107. The first-order chi connectivity index (χ1) is 17.8. The fourth-order valence-corrected chi connectivity index (χ4v) is 5.90. The number of carbonyl (C=O) groups is 2. The molecule has 0 radical (unpaired) electrons. The number of aromatic nitrogens is 1. The van der Waals surface area contributed by atoms with Gasteiger partial charge in [0.15, 0.2) is 16.7 Å². The Balaban J connectivity index is 1.50. The highest BCUT2D eigenvalue weighted by Gasteiger charge is 2.46. The van der Waals surface area contributed by atoms with Gasteiger partial charge in [0, 0.05) is 29.6 Å². The Morgan fingerprint density at radius 3 is 2.57 bits per heavy atom. The van der Waals surface area contributed by atoms with Gasteiger partial charge >= 0.3 is 0 Å². The molecule has 6 rings (SSSR count). The highest BCUT2D eigenvalue weighted by Crippen LogP contribution is 2.44. The molecule has 0 saturated carbocycles. The summed E-state index contributed by atoms with van der Waals surface area (Å²) in [4.78, 5) is 35.3. The highest BCUT2D eigenvalue weighted by molar-refractivity contribution is 9.10.